The standard InChI is InChI=1S/C20H18FN3O4/c1-27-17-9-7-13(11-18(17)28-2)15-8-10-20(26)24(23-15)12-19(25)22-16-6-4-3-5-14(16)21/h3-11H,12H2,1-2H3,(H,22,25). The van der Waals surface area contributed by atoms with Crippen molar-refractivity contribution in [2.45, 2.75) is 6.54 Å². The van der Waals surface area contributed by atoms with Crippen LogP contribution in [0.4, 0.5) is 10.1 Å². The third-order valence-electron chi connectivity index (χ3n) is 3.99. The van der Waals surface area contributed by atoms with Crippen LogP contribution >= 0.6 is 0 Å². The van der Waals surface area contributed by atoms with Crippen LogP contribution in [0.15, 0.2) is 59.4 Å². The number of benzene rings is 2. The average Bonchev–Trinajstić information content (AvgIpc) is 2.71. The van der Waals surface area contributed by atoms with E-state index in [9.17, 15) is 14.0 Å². The minimum atomic E-state index is -0.566. The van der Waals surface area contributed by atoms with Gasteiger partial charge in [0, 0.05) is 11.6 Å². The topological polar surface area (TPSA) is 82.5 Å². The van der Waals surface area contributed by atoms with E-state index in [0.29, 0.717) is 22.8 Å². The molecule has 1 N–H and O–H groups in total. The van der Waals surface area contributed by atoms with Gasteiger partial charge in [-0.25, -0.2) is 9.07 Å². The molecule has 3 aromatic rings. The smallest absolute Gasteiger partial charge is 0.267 e. The summed E-state index contributed by atoms with van der Waals surface area (Å²) in [5, 5.41) is 6.66. The molecular formula is C20H18FN3O4. The minimum absolute atomic E-state index is 0.0385. The number of hydrogen-bond acceptors (Lipinski definition) is 5. The summed E-state index contributed by atoms with van der Waals surface area (Å²) in [4.78, 5) is 24.3. The van der Waals surface area contributed by atoms with Crippen LogP contribution < -0.4 is 20.3 Å². The Morgan fingerprint density at radius 1 is 1.07 bits per heavy atom. The van der Waals surface area contributed by atoms with E-state index in [4.69, 9.17) is 9.47 Å². The normalized spacial score (nSPS) is 10.4. The van der Waals surface area contributed by atoms with Crippen molar-refractivity contribution in [1.29, 1.82) is 0 Å². The Bertz CT molecular complexity index is 1070. The van der Waals surface area contributed by atoms with Crippen LogP contribution in [-0.2, 0) is 11.3 Å². The second-order valence-corrected chi connectivity index (χ2v) is 5.81. The van der Waals surface area contributed by atoms with Gasteiger partial charge in [0.1, 0.15) is 12.4 Å². The van der Waals surface area contributed by atoms with E-state index in [-0.39, 0.29) is 12.2 Å². The van der Waals surface area contributed by atoms with Crippen LogP contribution in [-0.4, -0.2) is 29.9 Å². The Balaban J connectivity index is 1.85. The first-order valence-corrected chi connectivity index (χ1v) is 8.37. The van der Waals surface area contributed by atoms with E-state index in [2.05, 4.69) is 10.4 Å². The van der Waals surface area contributed by atoms with Crippen molar-refractivity contribution in [3.05, 3.63) is 70.8 Å². The predicted molar refractivity (Wildman–Crippen MR) is 102 cm³/mol. The molecule has 0 saturated heterocycles. The molecule has 0 atom stereocenters. The van der Waals surface area contributed by atoms with Crippen LogP contribution in [0.2, 0.25) is 0 Å². The Labute approximate surface area is 160 Å². The molecule has 2 aromatic carbocycles. The van der Waals surface area contributed by atoms with Crippen LogP contribution in [0.1, 0.15) is 0 Å². The molecule has 1 amide bonds. The van der Waals surface area contributed by atoms with Crippen molar-refractivity contribution < 1.29 is 18.7 Å². The molecule has 8 heteroatoms. The zero-order valence-corrected chi connectivity index (χ0v) is 15.3. The molecule has 0 aliphatic rings. The Morgan fingerprint density at radius 2 is 1.82 bits per heavy atom. The number of anilines is 1. The van der Waals surface area contributed by atoms with Gasteiger partial charge in [0.15, 0.2) is 11.5 Å². The van der Waals surface area contributed by atoms with Crippen LogP contribution in [0, 0.1) is 5.82 Å². The van der Waals surface area contributed by atoms with Crippen molar-refractivity contribution in [2.75, 3.05) is 19.5 Å². The van der Waals surface area contributed by atoms with E-state index in [1.54, 1.807) is 30.3 Å². The number of carbonyl (C=O) groups excluding carboxylic acids is 1. The van der Waals surface area contributed by atoms with E-state index in [0.717, 1.165) is 4.68 Å². The Hall–Kier alpha value is -3.68. The quantitative estimate of drug-likeness (QED) is 0.708. The summed E-state index contributed by atoms with van der Waals surface area (Å²) < 4.78 is 25.2. The van der Waals surface area contributed by atoms with Crippen molar-refractivity contribution >= 4 is 11.6 Å². The van der Waals surface area contributed by atoms with Crippen molar-refractivity contribution in [3.8, 4) is 22.8 Å². The van der Waals surface area contributed by atoms with E-state index >= 15 is 0 Å². The number of halogens is 1. The van der Waals surface area contributed by atoms with Gasteiger partial charge >= 0.3 is 0 Å². The fourth-order valence-corrected chi connectivity index (χ4v) is 2.60. The largest absolute Gasteiger partial charge is 0.493 e. The highest BCUT2D eigenvalue weighted by Crippen LogP contribution is 2.31. The maximum atomic E-state index is 13.7. The molecule has 144 valence electrons. The zero-order valence-electron chi connectivity index (χ0n) is 15.3. The summed E-state index contributed by atoms with van der Waals surface area (Å²) >= 11 is 0. The van der Waals surface area contributed by atoms with Crippen LogP contribution in [0.3, 0.4) is 0 Å². The molecule has 3 rings (SSSR count). The van der Waals surface area contributed by atoms with E-state index in [1.807, 2.05) is 0 Å². The zero-order chi connectivity index (χ0) is 20.1. The first-order chi connectivity index (χ1) is 13.5. The first kappa shape index (κ1) is 19.1. The predicted octanol–water partition coefficient (Wildman–Crippen LogP) is 2.71. The lowest BCUT2D eigenvalue weighted by Crippen LogP contribution is -2.29. The molecule has 0 spiro atoms. The second-order valence-electron chi connectivity index (χ2n) is 5.81. The maximum Gasteiger partial charge on any atom is 0.267 e. The van der Waals surface area contributed by atoms with Gasteiger partial charge in [0.2, 0.25) is 5.91 Å². The third-order valence-corrected chi connectivity index (χ3v) is 3.99. The molecular weight excluding hydrogens is 365 g/mol. The van der Waals surface area contributed by atoms with Gasteiger partial charge in [-0.2, -0.15) is 5.10 Å². The van der Waals surface area contributed by atoms with Crippen molar-refractivity contribution in [1.82, 2.24) is 9.78 Å². The number of nitrogens with zero attached hydrogens (tertiary/aromatic N) is 2. The number of nitrogens with one attached hydrogen (secondary N) is 1. The Morgan fingerprint density at radius 3 is 2.54 bits per heavy atom. The van der Waals surface area contributed by atoms with Gasteiger partial charge in [0.05, 0.1) is 25.6 Å². The molecule has 7 nitrogen and oxygen atoms in total. The summed E-state index contributed by atoms with van der Waals surface area (Å²) in [7, 11) is 3.05. The van der Waals surface area contributed by atoms with E-state index < -0.39 is 17.3 Å². The summed E-state index contributed by atoms with van der Waals surface area (Å²) in [6.45, 7) is -0.353. The van der Waals surface area contributed by atoms with E-state index in [1.165, 1.54) is 38.5 Å². The average molecular weight is 383 g/mol. The van der Waals surface area contributed by atoms with Gasteiger partial charge < -0.3 is 14.8 Å². The molecule has 0 aliphatic carbocycles. The van der Waals surface area contributed by atoms with Crippen LogP contribution in [0.5, 0.6) is 11.5 Å². The number of aromatic nitrogens is 2. The van der Waals surface area contributed by atoms with Crippen LogP contribution in [0.25, 0.3) is 11.3 Å². The molecule has 0 unspecified atom stereocenters. The monoisotopic (exact) mass is 383 g/mol. The molecule has 1 heterocycles. The lowest BCUT2D eigenvalue weighted by molar-refractivity contribution is -0.117. The van der Waals surface area contributed by atoms with Crippen molar-refractivity contribution in [3.63, 3.8) is 0 Å². The molecule has 28 heavy (non-hydrogen) atoms. The Kier molecular flexibility index (Phi) is 5.69. The fourth-order valence-electron chi connectivity index (χ4n) is 2.60. The summed E-state index contributed by atoms with van der Waals surface area (Å²) in [5.41, 5.74) is 0.740. The fraction of sp³-hybridized carbons (Fsp3) is 0.150. The molecule has 0 fully saturated rings. The number of carbonyl (C=O) groups is 1. The molecule has 0 saturated carbocycles. The van der Waals surface area contributed by atoms with Gasteiger partial charge in [-0.15, -0.1) is 0 Å². The number of hydrogen-bond donors (Lipinski definition) is 1. The number of methoxy groups -OCH3 is 2. The molecule has 0 aliphatic heterocycles. The van der Waals surface area contributed by atoms with Gasteiger partial charge in [-0.05, 0) is 36.4 Å². The highest BCUT2D eigenvalue weighted by molar-refractivity contribution is 5.90. The number of para-hydroxylation sites is 1. The number of rotatable bonds is 6. The molecule has 0 radical (unpaired) electrons. The highest BCUT2D eigenvalue weighted by Gasteiger charge is 2.12. The highest BCUT2D eigenvalue weighted by atomic mass is 19.1. The molecule has 0 bridgehead atoms. The van der Waals surface area contributed by atoms with Gasteiger partial charge in [-0.3, -0.25) is 9.59 Å². The second kappa shape index (κ2) is 8.34. The maximum absolute atomic E-state index is 13.7. The summed E-state index contributed by atoms with van der Waals surface area (Å²) in [6.07, 6.45) is 0. The van der Waals surface area contributed by atoms with Gasteiger partial charge in [0.25, 0.3) is 5.56 Å². The van der Waals surface area contributed by atoms with Gasteiger partial charge in [-0.1, -0.05) is 12.1 Å². The summed E-state index contributed by atoms with van der Waals surface area (Å²) in [5.74, 6) is -0.0555. The minimum Gasteiger partial charge on any atom is -0.493 e. The molecule has 1 aromatic heterocycles. The lowest BCUT2D eigenvalue weighted by atomic mass is 10.1. The van der Waals surface area contributed by atoms with Crippen molar-refractivity contribution in [2.24, 2.45) is 0 Å². The summed E-state index contributed by atoms with van der Waals surface area (Å²) in [6, 6.07) is 13.8. The first-order valence-electron chi connectivity index (χ1n) is 8.37. The number of ether oxygens (including phenoxy) is 2. The third kappa shape index (κ3) is 4.17. The SMILES string of the molecule is COc1ccc(-c2ccc(=O)n(CC(=O)Nc3ccccc3F)n2)cc1OC. The lowest BCUT2D eigenvalue weighted by Gasteiger charge is -2.11. The number of amides is 1.